The highest BCUT2D eigenvalue weighted by molar-refractivity contribution is 5.94. The Balaban J connectivity index is 1.27. The fourth-order valence-corrected chi connectivity index (χ4v) is 5.40. The minimum atomic E-state index is -0.390. The van der Waals surface area contributed by atoms with Crippen LogP contribution in [0.3, 0.4) is 0 Å². The number of likely N-dealkylation sites (tertiary alicyclic amines) is 1. The lowest BCUT2D eigenvalue weighted by Gasteiger charge is -2.32. The summed E-state index contributed by atoms with van der Waals surface area (Å²) in [5.74, 6) is 2.37. The highest BCUT2D eigenvalue weighted by Gasteiger charge is 2.30. The first-order valence-corrected chi connectivity index (χ1v) is 12.4. The maximum atomic E-state index is 13.3. The lowest BCUT2D eigenvalue weighted by atomic mass is 9.96. The molecule has 2 aromatic heterocycles. The van der Waals surface area contributed by atoms with Gasteiger partial charge in [0.25, 0.3) is 5.91 Å². The van der Waals surface area contributed by atoms with Crippen LogP contribution in [0.15, 0.2) is 24.3 Å². The number of aromatic nitrogens is 5. The molecule has 10 heteroatoms. The molecule has 184 valence electrons. The Labute approximate surface area is 204 Å². The topological polar surface area (TPSA) is 112 Å². The summed E-state index contributed by atoms with van der Waals surface area (Å²) in [6.07, 6.45) is 6.51. The molecule has 4 heterocycles. The lowest BCUT2D eigenvalue weighted by molar-refractivity contribution is -0.386. The number of rotatable bonds is 5. The van der Waals surface area contributed by atoms with Crippen molar-refractivity contribution in [3.63, 3.8) is 0 Å². The number of fused-ring (bicyclic) bond motifs is 1. The molecule has 1 fully saturated rings. The Morgan fingerprint density at radius 3 is 2.63 bits per heavy atom. The molecule has 0 spiro atoms. The molecule has 1 atom stereocenters. The predicted molar refractivity (Wildman–Crippen MR) is 129 cm³/mol. The molecule has 3 aromatic rings. The normalized spacial score (nSPS) is 18.2. The van der Waals surface area contributed by atoms with Gasteiger partial charge in [0.2, 0.25) is 0 Å². The van der Waals surface area contributed by atoms with E-state index < -0.39 is 4.92 Å². The Kier molecular flexibility index (Phi) is 6.36. The first-order chi connectivity index (χ1) is 16.9. The molecule has 10 nitrogen and oxygen atoms in total. The Bertz CT molecular complexity index is 1240. The number of carbonyl (C=O) groups is 1. The summed E-state index contributed by atoms with van der Waals surface area (Å²) >= 11 is 0. The van der Waals surface area contributed by atoms with Crippen molar-refractivity contribution in [2.45, 2.75) is 71.4 Å². The van der Waals surface area contributed by atoms with Crippen LogP contribution >= 0.6 is 0 Å². The van der Waals surface area contributed by atoms with Crippen molar-refractivity contribution in [2.75, 3.05) is 13.1 Å². The van der Waals surface area contributed by atoms with Crippen LogP contribution in [0.5, 0.6) is 0 Å². The number of amides is 1. The van der Waals surface area contributed by atoms with Gasteiger partial charge in [-0.25, -0.2) is 0 Å². The van der Waals surface area contributed by atoms with Crippen LogP contribution in [0.2, 0.25) is 0 Å². The van der Waals surface area contributed by atoms with Crippen LogP contribution in [0.4, 0.5) is 5.69 Å². The van der Waals surface area contributed by atoms with Crippen LogP contribution in [-0.4, -0.2) is 53.4 Å². The van der Waals surface area contributed by atoms with Gasteiger partial charge in [0.15, 0.2) is 0 Å². The van der Waals surface area contributed by atoms with Gasteiger partial charge in [-0.15, -0.1) is 10.2 Å². The SMILES string of the molecule is Cc1nn(Cc2ccc(C(=O)N3CCCC(c4nnc5n4CCCCC5)C3)cc2)c(C)c1[N+](=O)[O-]. The zero-order chi connectivity index (χ0) is 24.5. The monoisotopic (exact) mass is 477 g/mol. The summed E-state index contributed by atoms with van der Waals surface area (Å²) < 4.78 is 3.94. The lowest BCUT2D eigenvalue weighted by Crippen LogP contribution is -2.39. The summed E-state index contributed by atoms with van der Waals surface area (Å²) in [7, 11) is 0. The highest BCUT2D eigenvalue weighted by Crippen LogP contribution is 2.29. The highest BCUT2D eigenvalue weighted by atomic mass is 16.6. The van der Waals surface area contributed by atoms with E-state index >= 15 is 0 Å². The van der Waals surface area contributed by atoms with Crippen LogP contribution < -0.4 is 0 Å². The second kappa shape index (κ2) is 9.59. The van der Waals surface area contributed by atoms with Gasteiger partial charge >= 0.3 is 5.69 Å². The van der Waals surface area contributed by atoms with Gasteiger partial charge in [0.05, 0.1) is 11.5 Å². The summed E-state index contributed by atoms with van der Waals surface area (Å²) in [6, 6.07) is 7.47. The average Bonchev–Trinajstić information content (AvgIpc) is 3.28. The molecule has 0 saturated carbocycles. The summed E-state index contributed by atoms with van der Waals surface area (Å²) in [5, 5.41) is 24.6. The van der Waals surface area contributed by atoms with E-state index in [0.717, 1.165) is 56.0 Å². The zero-order valence-electron chi connectivity index (χ0n) is 20.3. The van der Waals surface area contributed by atoms with E-state index in [-0.39, 0.29) is 17.5 Å². The van der Waals surface area contributed by atoms with Crippen molar-refractivity contribution in [1.29, 1.82) is 0 Å². The fourth-order valence-electron chi connectivity index (χ4n) is 5.40. The van der Waals surface area contributed by atoms with Crippen molar-refractivity contribution >= 4 is 11.6 Å². The summed E-state index contributed by atoms with van der Waals surface area (Å²) in [6.45, 7) is 6.14. The number of nitrogens with zero attached hydrogens (tertiary/aromatic N) is 7. The van der Waals surface area contributed by atoms with E-state index in [1.807, 2.05) is 29.2 Å². The number of aryl methyl sites for hydroxylation is 2. The van der Waals surface area contributed by atoms with Crippen molar-refractivity contribution in [1.82, 2.24) is 29.4 Å². The van der Waals surface area contributed by atoms with Gasteiger partial charge in [-0.3, -0.25) is 19.6 Å². The number of hydrogen-bond donors (Lipinski definition) is 0. The second-order valence-corrected chi connectivity index (χ2v) is 9.66. The molecule has 0 radical (unpaired) electrons. The third kappa shape index (κ3) is 4.56. The van der Waals surface area contributed by atoms with E-state index in [2.05, 4.69) is 19.9 Å². The average molecular weight is 478 g/mol. The Morgan fingerprint density at radius 2 is 1.89 bits per heavy atom. The summed E-state index contributed by atoms with van der Waals surface area (Å²) in [5.41, 5.74) is 2.57. The first-order valence-electron chi connectivity index (χ1n) is 12.4. The Hall–Kier alpha value is -3.56. The predicted octanol–water partition coefficient (Wildman–Crippen LogP) is 3.79. The van der Waals surface area contributed by atoms with Crippen LogP contribution in [0.1, 0.15) is 77.0 Å². The smallest absolute Gasteiger partial charge is 0.312 e. The first kappa shape index (κ1) is 23.2. The van der Waals surface area contributed by atoms with Crippen LogP contribution in [0.25, 0.3) is 0 Å². The maximum absolute atomic E-state index is 13.3. The number of nitro groups is 1. The molecule has 1 aromatic carbocycles. The van der Waals surface area contributed by atoms with Gasteiger partial charge < -0.3 is 9.47 Å². The molecular weight excluding hydrogens is 446 g/mol. The van der Waals surface area contributed by atoms with E-state index in [9.17, 15) is 14.9 Å². The molecule has 1 saturated heterocycles. The number of hydrogen-bond acceptors (Lipinski definition) is 6. The van der Waals surface area contributed by atoms with Gasteiger partial charge in [-0.05, 0) is 57.2 Å². The second-order valence-electron chi connectivity index (χ2n) is 9.66. The van der Waals surface area contributed by atoms with E-state index in [1.165, 1.54) is 12.8 Å². The van der Waals surface area contributed by atoms with Crippen molar-refractivity contribution in [2.24, 2.45) is 0 Å². The largest absolute Gasteiger partial charge is 0.338 e. The van der Waals surface area contributed by atoms with Gasteiger partial charge in [0.1, 0.15) is 23.0 Å². The quantitative estimate of drug-likeness (QED) is 0.408. The molecule has 1 unspecified atom stereocenters. The van der Waals surface area contributed by atoms with Crippen LogP contribution in [0, 0.1) is 24.0 Å². The minimum Gasteiger partial charge on any atom is -0.338 e. The fraction of sp³-hybridized carbons (Fsp3) is 0.520. The van der Waals surface area contributed by atoms with E-state index in [0.29, 0.717) is 30.0 Å². The maximum Gasteiger partial charge on any atom is 0.312 e. The molecular formula is C25H31N7O3. The number of benzene rings is 1. The van der Waals surface area contributed by atoms with Crippen LogP contribution in [-0.2, 0) is 19.5 Å². The minimum absolute atomic E-state index is 0.0265. The van der Waals surface area contributed by atoms with Crippen molar-refractivity contribution < 1.29 is 9.72 Å². The molecule has 2 aliphatic heterocycles. The van der Waals surface area contributed by atoms with Gasteiger partial charge in [-0.1, -0.05) is 18.6 Å². The molecule has 1 amide bonds. The number of carbonyl (C=O) groups excluding carboxylic acids is 1. The molecule has 0 bridgehead atoms. The van der Waals surface area contributed by atoms with Gasteiger partial charge in [-0.2, -0.15) is 5.10 Å². The summed E-state index contributed by atoms with van der Waals surface area (Å²) in [4.78, 5) is 26.1. The standard InChI is InChI=1S/C25H31N7O3/c1-17-23(32(34)35)18(2)31(28-17)15-19-9-11-20(12-10-19)25(33)29-13-6-7-21(16-29)24-27-26-22-8-4-3-5-14-30(22)24/h9-12,21H,3-8,13-16H2,1-2H3. The van der Waals surface area contributed by atoms with Crippen molar-refractivity contribution in [3.8, 4) is 0 Å². The molecule has 2 aliphatic rings. The molecule has 0 aliphatic carbocycles. The third-order valence-electron chi connectivity index (χ3n) is 7.27. The molecule has 5 rings (SSSR count). The Morgan fingerprint density at radius 1 is 1.09 bits per heavy atom. The third-order valence-corrected chi connectivity index (χ3v) is 7.27. The van der Waals surface area contributed by atoms with Crippen molar-refractivity contribution in [3.05, 3.63) is 68.5 Å². The van der Waals surface area contributed by atoms with E-state index in [1.54, 1.807) is 18.5 Å². The molecule has 35 heavy (non-hydrogen) atoms. The van der Waals surface area contributed by atoms with E-state index in [4.69, 9.17) is 0 Å². The molecule has 0 N–H and O–H groups in total. The van der Waals surface area contributed by atoms with Gasteiger partial charge in [0, 0.05) is 37.5 Å². The number of piperidine rings is 1. The zero-order valence-corrected chi connectivity index (χ0v) is 20.3.